The maximum Gasteiger partial charge on any atom is 0.126 e. The number of hydrogen-bond acceptors (Lipinski definition) is 1. The van der Waals surface area contributed by atoms with Crippen LogP contribution in [0.25, 0.3) is 0 Å². The van der Waals surface area contributed by atoms with Crippen LogP contribution < -0.4 is 5.32 Å². The van der Waals surface area contributed by atoms with Gasteiger partial charge >= 0.3 is 0 Å². The Morgan fingerprint density at radius 1 is 1.00 bits per heavy atom. The zero-order chi connectivity index (χ0) is 14.4. The molecule has 0 fully saturated rings. The summed E-state index contributed by atoms with van der Waals surface area (Å²) in [4.78, 5) is 0. The first kappa shape index (κ1) is 14.7. The van der Waals surface area contributed by atoms with Crippen molar-refractivity contribution in [2.75, 3.05) is 6.54 Å². The molecular formula is C17H19F2N. The predicted octanol–water partition coefficient (Wildman–Crippen LogP) is 3.73. The monoisotopic (exact) mass is 275 g/mol. The molecule has 0 radical (unpaired) electrons. The van der Waals surface area contributed by atoms with Gasteiger partial charge < -0.3 is 5.32 Å². The lowest BCUT2D eigenvalue weighted by molar-refractivity contribution is 0.528. The van der Waals surface area contributed by atoms with Gasteiger partial charge in [0.2, 0.25) is 0 Å². The molecule has 0 aliphatic heterocycles. The van der Waals surface area contributed by atoms with E-state index in [-0.39, 0.29) is 17.7 Å². The van der Waals surface area contributed by atoms with E-state index in [0.717, 1.165) is 24.1 Å². The maximum absolute atomic E-state index is 13.5. The van der Waals surface area contributed by atoms with Gasteiger partial charge in [0.25, 0.3) is 0 Å². The number of halogens is 2. The van der Waals surface area contributed by atoms with Crippen LogP contribution in [0.4, 0.5) is 8.78 Å². The molecule has 1 N–H and O–H groups in total. The van der Waals surface area contributed by atoms with Crippen molar-refractivity contribution in [1.82, 2.24) is 5.32 Å². The van der Waals surface area contributed by atoms with Crippen molar-refractivity contribution < 1.29 is 8.78 Å². The van der Waals surface area contributed by atoms with E-state index in [1.54, 1.807) is 18.2 Å². The first-order valence-electron chi connectivity index (χ1n) is 6.86. The van der Waals surface area contributed by atoms with E-state index in [2.05, 4.69) is 5.32 Å². The minimum atomic E-state index is -0.213. The number of rotatable bonds is 6. The Balaban J connectivity index is 1.76. The highest BCUT2D eigenvalue weighted by atomic mass is 19.1. The van der Waals surface area contributed by atoms with Crippen LogP contribution in [-0.2, 0) is 12.8 Å². The molecule has 0 aliphatic carbocycles. The highest BCUT2D eigenvalue weighted by molar-refractivity contribution is 5.18. The van der Waals surface area contributed by atoms with E-state index in [9.17, 15) is 8.78 Å². The fourth-order valence-electron chi connectivity index (χ4n) is 2.18. The summed E-state index contributed by atoms with van der Waals surface area (Å²) in [6, 6.07) is 13.6. The SMILES string of the molecule is CC(Cc1ccccc1F)NCCc1ccc(F)cc1. The lowest BCUT2D eigenvalue weighted by atomic mass is 10.1. The van der Waals surface area contributed by atoms with Crippen LogP contribution in [-0.4, -0.2) is 12.6 Å². The molecule has 1 nitrogen and oxygen atoms in total. The van der Waals surface area contributed by atoms with E-state index in [1.165, 1.54) is 18.2 Å². The van der Waals surface area contributed by atoms with Crippen molar-refractivity contribution in [3.05, 3.63) is 71.3 Å². The average molecular weight is 275 g/mol. The van der Waals surface area contributed by atoms with Gasteiger partial charge in [0.1, 0.15) is 11.6 Å². The van der Waals surface area contributed by atoms with Gasteiger partial charge in [-0.25, -0.2) is 8.78 Å². The van der Waals surface area contributed by atoms with Gasteiger partial charge in [0, 0.05) is 6.04 Å². The highest BCUT2D eigenvalue weighted by Crippen LogP contribution is 2.09. The molecule has 0 aromatic heterocycles. The van der Waals surface area contributed by atoms with E-state index < -0.39 is 0 Å². The van der Waals surface area contributed by atoms with Gasteiger partial charge in [-0.2, -0.15) is 0 Å². The van der Waals surface area contributed by atoms with Crippen LogP contribution in [0.15, 0.2) is 48.5 Å². The summed E-state index contributed by atoms with van der Waals surface area (Å²) in [5.41, 5.74) is 1.83. The molecule has 3 heteroatoms. The quantitative estimate of drug-likeness (QED) is 0.847. The molecule has 20 heavy (non-hydrogen) atoms. The number of nitrogens with one attached hydrogen (secondary N) is 1. The minimum Gasteiger partial charge on any atom is -0.314 e. The van der Waals surface area contributed by atoms with E-state index in [0.29, 0.717) is 6.42 Å². The first-order valence-corrected chi connectivity index (χ1v) is 6.86. The van der Waals surface area contributed by atoms with Crippen molar-refractivity contribution in [2.24, 2.45) is 0 Å². The van der Waals surface area contributed by atoms with Crippen LogP contribution in [0.3, 0.4) is 0 Å². The molecule has 0 aliphatic rings. The average Bonchev–Trinajstić information content (AvgIpc) is 2.44. The summed E-state index contributed by atoms with van der Waals surface area (Å²) < 4.78 is 26.3. The Morgan fingerprint density at radius 2 is 1.70 bits per heavy atom. The van der Waals surface area contributed by atoms with Crippen LogP contribution in [0.2, 0.25) is 0 Å². The number of hydrogen-bond donors (Lipinski definition) is 1. The zero-order valence-corrected chi connectivity index (χ0v) is 11.6. The third-order valence-electron chi connectivity index (χ3n) is 3.30. The van der Waals surface area contributed by atoms with Gasteiger partial charge in [-0.15, -0.1) is 0 Å². The van der Waals surface area contributed by atoms with Crippen LogP contribution in [0, 0.1) is 11.6 Å². The molecule has 0 saturated carbocycles. The second-order valence-corrected chi connectivity index (χ2v) is 5.03. The molecule has 1 atom stereocenters. The third kappa shape index (κ3) is 4.42. The fourth-order valence-corrected chi connectivity index (χ4v) is 2.18. The van der Waals surface area contributed by atoms with E-state index in [1.807, 2.05) is 19.1 Å². The Kier molecular flexibility index (Phi) is 5.24. The molecule has 0 spiro atoms. The van der Waals surface area contributed by atoms with E-state index >= 15 is 0 Å². The Morgan fingerprint density at radius 3 is 2.40 bits per heavy atom. The second kappa shape index (κ2) is 7.15. The van der Waals surface area contributed by atoms with Crippen molar-refractivity contribution in [1.29, 1.82) is 0 Å². The normalized spacial score (nSPS) is 12.3. The Labute approximate surface area is 118 Å². The van der Waals surface area contributed by atoms with E-state index in [4.69, 9.17) is 0 Å². The van der Waals surface area contributed by atoms with Crippen LogP contribution in [0.1, 0.15) is 18.1 Å². The lowest BCUT2D eigenvalue weighted by Gasteiger charge is -2.14. The van der Waals surface area contributed by atoms with Crippen molar-refractivity contribution in [2.45, 2.75) is 25.8 Å². The van der Waals surface area contributed by atoms with Gasteiger partial charge in [-0.05, 0) is 55.6 Å². The molecule has 2 aromatic rings. The summed E-state index contributed by atoms with van der Waals surface area (Å²) in [5.74, 6) is -0.366. The molecule has 1 unspecified atom stereocenters. The summed E-state index contributed by atoms with van der Waals surface area (Å²) in [6.45, 7) is 2.83. The van der Waals surface area contributed by atoms with Gasteiger partial charge in [0.15, 0.2) is 0 Å². The van der Waals surface area contributed by atoms with Crippen LogP contribution >= 0.6 is 0 Å². The third-order valence-corrected chi connectivity index (χ3v) is 3.30. The largest absolute Gasteiger partial charge is 0.314 e. The second-order valence-electron chi connectivity index (χ2n) is 5.03. The van der Waals surface area contributed by atoms with Gasteiger partial charge in [0.05, 0.1) is 0 Å². The maximum atomic E-state index is 13.5. The highest BCUT2D eigenvalue weighted by Gasteiger charge is 2.06. The molecule has 106 valence electrons. The molecule has 2 rings (SSSR count). The summed E-state index contributed by atoms with van der Waals surface area (Å²) in [5, 5.41) is 3.36. The Hall–Kier alpha value is -1.74. The molecule has 0 bridgehead atoms. The van der Waals surface area contributed by atoms with Crippen molar-refractivity contribution in [3.63, 3.8) is 0 Å². The minimum absolute atomic E-state index is 0.153. The smallest absolute Gasteiger partial charge is 0.126 e. The summed E-state index contributed by atoms with van der Waals surface area (Å²) >= 11 is 0. The summed E-state index contributed by atoms with van der Waals surface area (Å²) in [6.07, 6.45) is 1.50. The standard InChI is InChI=1S/C17H19F2N/c1-13(12-15-4-2-3-5-17(15)19)20-11-10-14-6-8-16(18)9-7-14/h2-9,13,20H,10-12H2,1H3. The molecular weight excluding hydrogens is 256 g/mol. The summed E-state index contributed by atoms with van der Waals surface area (Å²) in [7, 11) is 0. The number of benzene rings is 2. The zero-order valence-electron chi connectivity index (χ0n) is 11.6. The molecule has 0 saturated heterocycles. The van der Waals surface area contributed by atoms with Crippen molar-refractivity contribution in [3.8, 4) is 0 Å². The predicted molar refractivity (Wildman–Crippen MR) is 77.7 cm³/mol. The lowest BCUT2D eigenvalue weighted by Crippen LogP contribution is -2.30. The van der Waals surface area contributed by atoms with Gasteiger partial charge in [-0.1, -0.05) is 30.3 Å². The van der Waals surface area contributed by atoms with Gasteiger partial charge in [-0.3, -0.25) is 0 Å². The fraction of sp³-hybridized carbons (Fsp3) is 0.294. The van der Waals surface area contributed by atoms with Crippen molar-refractivity contribution >= 4 is 0 Å². The molecule has 0 heterocycles. The topological polar surface area (TPSA) is 12.0 Å². The first-order chi connectivity index (χ1) is 9.65. The molecule has 2 aromatic carbocycles. The van der Waals surface area contributed by atoms with Crippen LogP contribution in [0.5, 0.6) is 0 Å². The molecule has 0 amide bonds. The Bertz CT molecular complexity index is 537.